The zero-order valence-electron chi connectivity index (χ0n) is 10.1. The van der Waals surface area contributed by atoms with Gasteiger partial charge in [-0.15, -0.1) is 11.3 Å². The Hall–Kier alpha value is -0.630. The van der Waals surface area contributed by atoms with Crippen LogP contribution < -0.4 is 4.72 Å². The molecular formula is C10H14ClNO4S2. The molecular weight excluding hydrogens is 298 g/mol. The van der Waals surface area contributed by atoms with Crippen LogP contribution in [0, 0.1) is 12.8 Å². The minimum Gasteiger partial charge on any atom is -0.481 e. The number of hydrogen-bond acceptors (Lipinski definition) is 4. The molecule has 0 aliphatic heterocycles. The molecule has 0 fully saturated rings. The van der Waals surface area contributed by atoms with Gasteiger partial charge in [0.05, 0.1) is 10.3 Å². The van der Waals surface area contributed by atoms with Crippen molar-refractivity contribution >= 4 is 38.9 Å². The second kappa shape index (κ2) is 5.56. The molecule has 0 aliphatic rings. The first-order valence-electron chi connectivity index (χ1n) is 5.16. The summed E-state index contributed by atoms with van der Waals surface area (Å²) in [4.78, 5) is 10.8. The van der Waals surface area contributed by atoms with E-state index in [0.717, 1.165) is 11.3 Å². The molecule has 0 aromatic carbocycles. The molecule has 2 N–H and O–H groups in total. The summed E-state index contributed by atoms with van der Waals surface area (Å²) in [6.45, 7) is 4.67. The first-order valence-corrected chi connectivity index (χ1v) is 7.84. The highest BCUT2D eigenvalue weighted by Gasteiger charge is 2.26. The first kappa shape index (κ1) is 15.4. The molecule has 0 saturated carbocycles. The van der Waals surface area contributed by atoms with Crippen molar-refractivity contribution in [3.05, 3.63) is 16.0 Å². The van der Waals surface area contributed by atoms with Crippen molar-refractivity contribution in [3.63, 3.8) is 0 Å². The Bertz CT molecular complexity index is 533. The predicted molar refractivity (Wildman–Crippen MR) is 70.6 cm³/mol. The second-order valence-corrected chi connectivity index (χ2v) is 7.65. The van der Waals surface area contributed by atoms with Gasteiger partial charge in [-0.05, 0) is 25.5 Å². The van der Waals surface area contributed by atoms with Crippen LogP contribution in [0.2, 0.25) is 4.34 Å². The summed E-state index contributed by atoms with van der Waals surface area (Å²) >= 11 is 6.77. The number of aryl methyl sites for hydroxylation is 1. The third-order valence-corrected chi connectivity index (χ3v) is 6.17. The number of aliphatic carboxylic acids is 1. The Labute approximate surface area is 115 Å². The average Bonchev–Trinajstić information content (AvgIpc) is 2.58. The highest BCUT2D eigenvalue weighted by atomic mass is 35.5. The van der Waals surface area contributed by atoms with Gasteiger partial charge in [0, 0.05) is 6.04 Å². The van der Waals surface area contributed by atoms with E-state index in [-0.39, 0.29) is 4.21 Å². The molecule has 0 bridgehead atoms. The lowest BCUT2D eigenvalue weighted by Gasteiger charge is -2.16. The number of carboxylic acid groups (broad SMARTS) is 1. The van der Waals surface area contributed by atoms with E-state index in [9.17, 15) is 13.2 Å². The Kier molecular flexibility index (Phi) is 4.77. The van der Waals surface area contributed by atoms with Crippen LogP contribution in [0.25, 0.3) is 0 Å². The third kappa shape index (κ3) is 3.44. The summed E-state index contributed by atoms with van der Waals surface area (Å²) < 4.78 is 26.8. The van der Waals surface area contributed by atoms with Crippen LogP contribution in [-0.2, 0) is 14.8 Å². The summed E-state index contributed by atoms with van der Waals surface area (Å²) in [5.74, 6) is -1.86. The quantitative estimate of drug-likeness (QED) is 0.872. The molecule has 1 aromatic rings. The molecule has 102 valence electrons. The molecule has 1 heterocycles. The Balaban J connectivity index is 2.92. The van der Waals surface area contributed by atoms with Gasteiger partial charge in [0.25, 0.3) is 0 Å². The third-order valence-electron chi connectivity index (χ3n) is 2.58. The van der Waals surface area contributed by atoms with Gasteiger partial charge in [0.1, 0.15) is 4.21 Å². The predicted octanol–water partition coefficient (Wildman–Crippen LogP) is 2.10. The van der Waals surface area contributed by atoms with Gasteiger partial charge in [0.15, 0.2) is 0 Å². The SMILES string of the molecule is Cc1cc(S(=O)(=O)NC(C)C(C)C(=O)O)sc1Cl. The van der Waals surface area contributed by atoms with E-state index in [1.807, 2.05) is 0 Å². The first-order chi connectivity index (χ1) is 8.15. The maximum absolute atomic E-state index is 12.0. The largest absolute Gasteiger partial charge is 0.481 e. The van der Waals surface area contributed by atoms with Crippen LogP contribution in [0.5, 0.6) is 0 Å². The second-order valence-electron chi connectivity index (χ2n) is 4.06. The fourth-order valence-electron chi connectivity index (χ4n) is 1.18. The van der Waals surface area contributed by atoms with Crippen LogP contribution in [0.1, 0.15) is 19.4 Å². The number of carbonyl (C=O) groups is 1. The fraction of sp³-hybridized carbons (Fsp3) is 0.500. The normalized spacial score (nSPS) is 15.3. The Morgan fingerprint density at radius 1 is 1.50 bits per heavy atom. The highest BCUT2D eigenvalue weighted by molar-refractivity contribution is 7.91. The van der Waals surface area contributed by atoms with Crippen molar-refractivity contribution in [2.45, 2.75) is 31.0 Å². The minimum absolute atomic E-state index is 0.0921. The molecule has 2 unspecified atom stereocenters. The molecule has 0 radical (unpaired) electrons. The van der Waals surface area contributed by atoms with Crippen molar-refractivity contribution in [1.29, 1.82) is 0 Å². The number of hydrogen-bond donors (Lipinski definition) is 2. The topological polar surface area (TPSA) is 83.5 Å². The Morgan fingerprint density at radius 2 is 2.06 bits per heavy atom. The molecule has 5 nitrogen and oxygen atoms in total. The molecule has 0 saturated heterocycles. The molecule has 0 aliphatic carbocycles. The Morgan fingerprint density at radius 3 is 2.44 bits per heavy atom. The molecule has 1 rings (SSSR count). The van der Waals surface area contributed by atoms with Gasteiger partial charge in [0.2, 0.25) is 10.0 Å². The maximum Gasteiger partial charge on any atom is 0.307 e. The van der Waals surface area contributed by atoms with E-state index in [0.29, 0.717) is 9.90 Å². The number of sulfonamides is 1. The zero-order chi connectivity index (χ0) is 14.1. The molecule has 18 heavy (non-hydrogen) atoms. The number of thiophene rings is 1. The van der Waals surface area contributed by atoms with E-state index in [4.69, 9.17) is 16.7 Å². The van der Waals surface area contributed by atoms with Gasteiger partial charge in [-0.2, -0.15) is 0 Å². The van der Waals surface area contributed by atoms with Crippen LogP contribution in [0.15, 0.2) is 10.3 Å². The van der Waals surface area contributed by atoms with E-state index >= 15 is 0 Å². The average molecular weight is 312 g/mol. The number of halogens is 1. The van der Waals surface area contributed by atoms with Crippen molar-refractivity contribution in [2.75, 3.05) is 0 Å². The summed E-state index contributed by atoms with van der Waals surface area (Å²) in [5.41, 5.74) is 0.681. The summed E-state index contributed by atoms with van der Waals surface area (Å²) in [6, 6.07) is 0.765. The van der Waals surface area contributed by atoms with Crippen LogP contribution in [0.4, 0.5) is 0 Å². The van der Waals surface area contributed by atoms with Crippen molar-refractivity contribution in [2.24, 2.45) is 5.92 Å². The summed E-state index contributed by atoms with van der Waals surface area (Å²) in [7, 11) is -3.72. The molecule has 0 spiro atoms. The maximum atomic E-state index is 12.0. The standard InChI is InChI=1S/C10H14ClNO4S2/c1-5-4-8(17-9(5)11)18(15,16)12-7(3)6(2)10(13)14/h4,6-7,12H,1-3H3,(H,13,14). The van der Waals surface area contributed by atoms with Crippen LogP contribution in [0.3, 0.4) is 0 Å². The van der Waals surface area contributed by atoms with Gasteiger partial charge in [-0.1, -0.05) is 18.5 Å². The molecule has 1 aromatic heterocycles. The van der Waals surface area contributed by atoms with Gasteiger partial charge in [-0.3, -0.25) is 4.79 Å². The lowest BCUT2D eigenvalue weighted by Crippen LogP contribution is -2.39. The lowest BCUT2D eigenvalue weighted by atomic mass is 10.1. The van der Waals surface area contributed by atoms with Crippen LogP contribution >= 0.6 is 22.9 Å². The summed E-state index contributed by atoms with van der Waals surface area (Å²) in [6.07, 6.45) is 0. The molecule has 2 atom stereocenters. The van der Waals surface area contributed by atoms with Crippen molar-refractivity contribution in [1.82, 2.24) is 4.72 Å². The van der Waals surface area contributed by atoms with Crippen molar-refractivity contribution < 1.29 is 18.3 Å². The minimum atomic E-state index is -3.72. The van der Waals surface area contributed by atoms with E-state index in [1.165, 1.54) is 19.9 Å². The monoisotopic (exact) mass is 311 g/mol. The zero-order valence-corrected chi connectivity index (χ0v) is 12.5. The number of carboxylic acids is 1. The number of nitrogens with one attached hydrogen (secondary N) is 1. The fourth-order valence-corrected chi connectivity index (χ4v) is 4.23. The van der Waals surface area contributed by atoms with E-state index in [1.54, 1.807) is 6.92 Å². The van der Waals surface area contributed by atoms with Gasteiger partial charge in [-0.25, -0.2) is 13.1 Å². The summed E-state index contributed by atoms with van der Waals surface area (Å²) in [5, 5.41) is 8.81. The van der Waals surface area contributed by atoms with Gasteiger partial charge >= 0.3 is 5.97 Å². The van der Waals surface area contributed by atoms with E-state index in [2.05, 4.69) is 4.72 Å². The smallest absolute Gasteiger partial charge is 0.307 e. The highest BCUT2D eigenvalue weighted by Crippen LogP contribution is 2.30. The molecule has 8 heteroatoms. The lowest BCUT2D eigenvalue weighted by molar-refractivity contribution is -0.141. The van der Waals surface area contributed by atoms with Crippen LogP contribution in [-0.4, -0.2) is 25.5 Å². The van der Waals surface area contributed by atoms with Gasteiger partial charge < -0.3 is 5.11 Å². The molecule has 0 amide bonds. The van der Waals surface area contributed by atoms with E-state index < -0.39 is 28.0 Å². The number of rotatable bonds is 5. The van der Waals surface area contributed by atoms with Crippen molar-refractivity contribution in [3.8, 4) is 0 Å².